The average molecular weight is 368 g/mol. The van der Waals surface area contributed by atoms with Gasteiger partial charge in [-0.3, -0.25) is 19.3 Å². The Morgan fingerprint density at radius 2 is 1.76 bits per heavy atom. The zero-order chi connectivity index (χ0) is 17.6. The van der Waals surface area contributed by atoms with Gasteiger partial charge in [0.15, 0.2) is 0 Å². The van der Waals surface area contributed by atoms with Gasteiger partial charge in [0.1, 0.15) is 0 Å². The highest BCUT2D eigenvalue weighted by Gasteiger charge is 2.28. The Hall–Kier alpha value is -1.08. The summed E-state index contributed by atoms with van der Waals surface area (Å²) in [4.78, 5) is 40.2. The van der Waals surface area contributed by atoms with Crippen molar-refractivity contribution in [1.82, 2.24) is 15.1 Å². The molecule has 0 unspecified atom stereocenters. The Kier molecular flexibility index (Phi) is 6.76. The number of amides is 2. The monoisotopic (exact) mass is 367 g/mol. The van der Waals surface area contributed by atoms with Gasteiger partial charge in [-0.15, -0.1) is 0 Å². The summed E-state index contributed by atoms with van der Waals surface area (Å²) in [6.07, 6.45) is 7.68. The van der Waals surface area contributed by atoms with Crippen molar-refractivity contribution in [2.24, 2.45) is 5.92 Å². The van der Waals surface area contributed by atoms with Crippen LogP contribution < -0.4 is 5.32 Å². The van der Waals surface area contributed by atoms with E-state index < -0.39 is 0 Å². The number of nitrogens with zero attached hydrogens (tertiary/aromatic N) is 2. The minimum Gasteiger partial charge on any atom is -0.344 e. The van der Waals surface area contributed by atoms with Gasteiger partial charge in [-0.2, -0.15) is 0 Å². The van der Waals surface area contributed by atoms with E-state index in [1.54, 1.807) is 0 Å². The lowest BCUT2D eigenvalue weighted by atomic mass is 9.86. The molecular weight excluding hydrogens is 338 g/mol. The quantitative estimate of drug-likeness (QED) is 0.792. The molecule has 0 aromatic rings. The van der Waals surface area contributed by atoms with Crippen LogP contribution in [0.25, 0.3) is 0 Å². The number of carbonyl (C=O) groups is 3. The van der Waals surface area contributed by atoms with Gasteiger partial charge in [0, 0.05) is 38.4 Å². The van der Waals surface area contributed by atoms with E-state index in [-0.39, 0.29) is 23.0 Å². The van der Waals surface area contributed by atoms with Crippen molar-refractivity contribution in [3.63, 3.8) is 0 Å². The fourth-order valence-corrected chi connectivity index (χ4v) is 4.93. The third-order valence-electron chi connectivity index (χ3n) is 5.55. The van der Waals surface area contributed by atoms with Crippen molar-refractivity contribution in [1.29, 1.82) is 0 Å². The van der Waals surface area contributed by atoms with E-state index in [0.717, 1.165) is 25.3 Å². The lowest BCUT2D eigenvalue weighted by molar-refractivity contribution is -0.134. The average Bonchev–Trinajstić information content (AvgIpc) is 3.01. The summed E-state index contributed by atoms with van der Waals surface area (Å²) in [6.45, 7) is 3.20. The largest absolute Gasteiger partial charge is 0.344 e. The van der Waals surface area contributed by atoms with Gasteiger partial charge in [-0.25, -0.2) is 0 Å². The minimum absolute atomic E-state index is 0.0754. The molecule has 0 radical (unpaired) electrons. The summed E-state index contributed by atoms with van der Waals surface area (Å²) < 4.78 is 0. The molecule has 2 aliphatic heterocycles. The van der Waals surface area contributed by atoms with Crippen molar-refractivity contribution in [2.45, 2.75) is 51.0 Å². The first kappa shape index (κ1) is 18.7. The number of carbonyl (C=O) groups excluding carboxylic acids is 3. The molecule has 1 saturated carbocycles. The third kappa shape index (κ3) is 5.45. The Balaban J connectivity index is 1.35. The van der Waals surface area contributed by atoms with E-state index in [1.807, 2.05) is 4.90 Å². The van der Waals surface area contributed by atoms with Gasteiger partial charge in [0.05, 0.1) is 12.6 Å². The Bertz CT molecular complexity index is 500. The maximum atomic E-state index is 12.4. The number of thioether (sulfide) groups is 1. The molecule has 1 N–H and O–H groups in total. The maximum Gasteiger partial charge on any atom is 0.234 e. The van der Waals surface area contributed by atoms with Crippen molar-refractivity contribution >= 4 is 28.7 Å². The van der Waals surface area contributed by atoms with Gasteiger partial charge in [0.25, 0.3) is 0 Å². The molecule has 140 valence electrons. The summed E-state index contributed by atoms with van der Waals surface area (Å²) in [5, 5.41) is 2.91. The standard InChI is InChI=1S/C18H29N3O3S/c22-16(19-15-6-11-25-18(15)24)13-20-7-9-21(10-8-20)17(23)12-14-4-2-1-3-5-14/h14-15H,1-13H2,(H,19,22)/t15-/m0/s1. The van der Waals surface area contributed by atoms with E-state index in [0.29, 0.717) is 32.0 Å². The summed E-state index contributed by atoms with van der Waals surface area (Å²) in [7, 11) is 0. The van der Waals surface area contributed by atoms with Crippen LogP contribution in [0.4, 0.5) is 0 Å². The number of nitrogens with one attached hydrogen (secondary N) is 1. The second-order valence-electron chi connectivity index (χ2n) is 7.44. The van der Waals surface area contributed by atoms with E-state index >= 15 is 0 Å². The molecule has 3 fully saturated rings. The zero-order valence-corrected chi connectivity index (χ0v) is 15.7. The van der Waals surface area contributed by atoms with Crippen LogP contribution in [0, 0.1) is 5.92 Å². The second-order valence-corrected chi connectivity index (χ2v) is 8.54. The first-order valence-corrected chi connectivity index (χ1v) is 10.6. The molecule has 3 aliphatic rings. The molecule has 1 aliphatic carbocycles. The number of hydrogen-bond donors (Lipinski definition) is 1. The summed E-state index contributed by atoms with van der Waals surface area (Å²) >= 11 is 1.30. The fraction of sp³-hybridized carbons (Fsp3) is 0.833. The second kappa shape index (κ2) is 9.03. The molecule has 6 nitrogen and oxygen atoms in total. The molecule has 2 heterocycles. The molecule has 3 rings (SSSR count). The zero-order valence-electron chi connectivity index (χ0n) is 14.9. The lowest BCUT2D eigenvalue weighted by Gasteiger charge is -2.35. The normalized spacial score (nSPS) is 26.0. The maximum absolute atomic E-state index is 12.4. The van der Waals surface area contributed by atoms with E-state index in [4.69, 9.17) is 0 Å². The summed E-state index contributed by atoms with van der Waals surface area (Å²) in [5.74, 6) is 1.57. The van der Waals surface area contributed by atoms with Crippen LogP contribution in [0.5, 0.6) is 0 Å². The van der Waals surface area contributed by atoms with Gasteiger partial charge >= 0.3 is 0 Å². The molecular formula is C18H29N3O3S. The van der Waals surface area contributed by atoms with Gasteiger partial charge in [-0.1, -0.05) is 31.0 Å². The number of hydrogen-bond acceptors (Lipinski definition) is 5. The first-order valence-electron chi connectivity index (χ1n) is 9.58. The molecule has 0 bridgehead atoms. The van der Waals surface area contributed by atoms with Crippen LogP contribution in [0.1, 0.15) is 44.9 Å². The molecule has 1 atom stereocenters. The smallest absolute Gasteiger partial charge is 0.234 e. The van der Waals surface area contributed by atoms with Crippen molar-refractivity contribution < 1.29 is 14.4 Å². The van der Waals surface area contributed by atoms with Crippen LogP contribution in [0.15, 0.2) is 0 Å². The number of rotatable bonds is 5. The van der Waals surface area contributed by atoms with Gasteiger partial charge in [-0.05, 0) is 25.2 Å². The molecule has 0 spiro atoms. The van der Waals surface area contributed by atoms with Crippen LogP contribution >= 0.6 is 11.8 Å². The predicted octanol–water partition coefficient (Wildman–Crippen LogP) is 1.25. The SMILES string of the molecule is O=C(CN1CCN(C(=O)CC2CCCCC2)CC1)N[C@H]1CCSC1=O. The molecule has 25 heavy (non-hydrogen) atoms. The molecule has 0 aromatic carbocycles. The van der Waals surface area contributed by atoms with Crippen LogP contribution in [0.3, 0.4) is 0 Å². The number of piperazine rings is 1. The summed E-state index contributed by atoms with van der Waals surface area (Å²) in [6, 6.07) is -0.309. The topological polar surface area (TPSA) is 69.7 Å². The predicted molar refractivity (Wildman–Crippen MR) is 98.2 cm³/mol. The lowest BCUT2D eigenvalue weighted by Crippen LogP contribution is -2.52. The van der Waals surface area contributed by atoms with Crippen LogP contribution in [0.2, 0.25) is 0 Å². The molecule has 2 saturated heterocycles. The van der Waals surface area contributed by atoms with Crippen molar-refractivity contribution in [3.05, 3.63) is 0 Å². The molecule has 7 heteroatoms. The highest BCUT2D eigenvalue weighted by Crippen LogP contribution is 2.27. The minimum atomic E-state index is -0.309. The van der Waals surface area contributed by atoms with Crippen molar-refractivity contribution in [2.75, 3.05) is 38.5 Å². The Morgan fingerprint density at radius 1 is 1.04 bits per heavy atom. The highest BCUT2D eigenvalue weighted by molar-refractivity contribution is 8.14. The van der Waals surface area contributed by atoms with Crippen LogP contribution in [-0.4, -0.2) is 71.2 Å². The Labute approximate surface area is 154 Å². The van der Waals surface area contributed by atoms with Crippen molar-refractivity contribution in [3.8, 4) is 0 Å². The highest BCUT2D eigenvalue weighted by atomic mass is 32.2. The Morgan fingerprint density at radius 3 is 2.40 bits per heavy atom. The van der Waals surface area contributed by atoms with E-state index in [2.05, 4.69) is 10.2 Å². The van der Waals surface area contributed by atoms with E-state index in [1.165, 1.54) is 43.9 Å². The fourth-order valence-electron chi connectivity index (χ4n) is 3.99. The van der Waals surface area contributed by atoms with Gasteiger partial charge in [0.2, 0.25) is 16.9 Å². The first-order chi connectivity index (χ1) is 12.1. The molecule has 0 aromatic heterocycles. The van der Waals surface area contributed by atoms with Crippen LogP contribution in [-0.2, 0) is 14.4 Å². The van der Waals surface area contributed by atoms with E-state index in [9.17, 15) is 14.4 Å². The van der Waals surface area contributed by atoms with Gasteiger partial charge < -0.3 is 10.2 Å². The molecule has 2 amide bonds. The third-order valence-corrected chi connectivity index (χ3v) is 6.56. The summed E-state index contributed by atoms with van der Waals surface area (Å²) in [5.41, 5.74) is 0.